The Morgan fingerprint density at radius 1 is 1.39 bits per heavy atom. The Morgan fingerprint density at radius 3 is 2.72 bits per heavy atom. The standard InChI is InChI=1S/C13H12N4O/c1-9-13(16-18)10(2)17(15-9)8-12-6-4-3-5-11(12)7-14/h3-6H,8H2,1-2H3/p+1. The molecule has 18 heavy (non-hydrogen) atoms. The number of aryl methyl sites for hydroxylation is 1. The number of aromatic nitrogens is 2. The Morgan fingerprint density at radius 2 is 2.11 bits per heavy atom. The van der Waals surface area contributed by atoms with Gasteiger partial charge in [0.25, 0.3) is 0 Å². The fraction of sp³-hybridized carbons (Fsp3) is 0.231. The van der Waals surface area contributed by atoms with Gasteiger partial charge < -0.3 is 0 Å². The van der Waals surface area contributed by atoms with E-state index in [1.54, 1.807) is 13.0 Å². The molecule has 1 aromatic heterocycles. The van der Waals surface area contributed by atoms with Crippen molar-refractivity contribution in [2.24, 2.45) is 5.18 Å². The molecule has 0 unspecified atom stereocenters. The third-order valence-electron chi connectivity index (χ3n) is 2.96. The maximum Gasteiger partial charge on any atom is 0.234 e. The molecule has 0 saturated heterocycles. The maximum absolute atomic E-state index is 10.7. The highest BCUT2D eigenvalue weighted by Gasteiger charge is 2.20. The largest absolute Gasteiger partial charge is 0.234 e. The van der Waals surface area contributed by atoms with Gasteiger partial charge in [0.15, 0.2) is 6.54 Å². The molecule has 90 valence electrons. The molecule has 0 amide bonds. The van der Waals surface area contributed by atoms with Crippen LogP contribution in [-0.4, -0.2) is 5.10 Å². The van der Waals surface area contributed by atoms with Crippen LogP contribution in [0.15, 0.2) is 29.4 Å². The predicted molar refractivity (Wildman–Crippen MR) is 66.2 cm³/mol. The van der Waals surface area contributed by atoms with Crippen molar-refractivity contribution in [3.8, 4) is 6.07 Å². The molecule has 1 aromatic carbocycles. The molecule has 2 aromatic rings. The summed E-state index contributed by atoms with van der Waals surface area (Å²) >= 11 is 0. The van der Waals surface area contributed by atoms with Crippen molar-refractivity contribution in [2.45, 2.75) is 20.4 Å². The summed E-state index contributed by atoms with van der Waals surface area (Å²) in [5.41, 5.74) is 3.49. The van der Waals surface area contributed by atoms with Gasteiger partial charge in [0.05, 0.1) is 11.6 Å². The summed E-state index contributed by atoms with van der Waals surface area (Å²) < 4.78 is 1.82. The summed E-state index contributed by atoms with van der Waals surface area (Å²) in [6.45, 7) is 4.15. The molecule has 0 aliphatic rings. The average molecular weight is 241 g/mol. The second-order valence-electron chi connectivity index (χ2n) is 4.12. The fourth-order valence-electron chi connectivity index (χ4n) is 1.97. The fourth-order valence-corrected chi connectivity index (χ4v) is 1.97. The summed E-state index contributed by atoms with van der Waals surface area (Å²) in [6.07, 6.45) is 0. The highest BCUT2D eigenvalue weighted by atomic mass is 16.3. The van der Waals surface area contributed by atoms with E-state index in [2.05, 4.69) is 16.3 Å². The number of hydrogen-bond acceptors (Lipinski definition) is 3. The van der Waals surface area contributed by atoms with E-state index in [9.17, 15) is 4.91 Å². The van der Waals surface area contributed by atoms with Gasteiger partial charge in [0.1, 0.15) is 5.69 Å². The first kappa shape index (κ1) is 12.0. The van der Waals surface area contributed by atoms with Gasteiger partial charge in [-0.05, 0) is 18.2 Å². The van der Waals surface area contributed by atoms with Crippen molar-refractivity contribution in [1.29, 1.82) is 5.26 Å². The zero-order valence-corrected chi connectivity index (χ0v) is 10.3. The Balaban J connectivity index is 2.41. The van der Waals surface area contributed by atoms with Gasteiger partial charge in [0.2, 0.25) is 11.4 Å². The van der Waals surface area contributed by atoms with Crippen LogP contribution in [0.3, 0.4) is 0 Å². The first-order valence-corrected chi connectivity index (χ1v) is 5.57. The molecule has 0 radical (unpaired) electrons. The van der Waals surface area contributed by atoms with E-state index in [0.29, 0.717) is 17.8 Å². The number of H-pyrrole nitrogens is 1. The van der Waals surface area contributed by atoms with Crippen LogP contribution in [0.2, 0.25) is 0 Å². The van der Waals surface area contributed by atoms with Gasteiger partial charge in [-0.3, -0.25) is 0 Å². The second kappa shape index (κ2) is 4.80. The third-order valence-corrected chi connectivity index (χ3v) is 2.96. The first-order valence-electron chi connectivity index (χ1n) is 5.57. The van der Waals surface area contributed by atoms with Crippen LogP contribution < -0.4 is 4.68 Å². The van der Waals surface area contributed by atoms with Crippen molar-refractivity contribution in [3.63, 3.8) is 0 Å². The molecule has 0 aliphatic carbocycles. The van der Waals surface area contributed by atoms with E-state index in [-0.39, 0.29) is 0 Å². The molecule has 5 heteroatoms. The monoisotopic (exact) mass is 241 g/mol. The van der Waals surface area contributed by atoms with Crippen LogP contribution in [0.4, 0.5) is 5.69 Å². The molecule has 0 aliphatic heterocycles. The average Bonchev–Trinajstić information content (AvgIpc) is 2.65. The van der Waals surface area contributed by atoms with Crippen LogP contribution in [-0.2, 0) is 6.54 Å². The molecular formula is C13H13N4O+. The van der Waals surface area contributed by atoms with Crippen LogP contribution >= 0.6 is 0 Å². The lowest BCUT2D eigenvalue weighted by Gasteiger charge is -1.98. The lowest BCUT2D eigenvalue weighted by molar-refractivity contribution is -0.747. The number of nitrogens with one attached hydrogen (secondary N) is 1. The van der Waals surface area contributed by atoms with E-state index in [4.69, 9.17) is 5.26 Å². The van der Waals surface area contributed by atoms with E-state index in [0.717, 1.165) is 17.0 Å². The SMILES string of the molecule is Cc1[nH][n+](Cc2ccccc2C#N)c(C)c1N=O. The highest BCUT2D eigenvalue weighted by molar-refractivity contribution is 5.43. The number of aromatic amines is 1. The van der Waals surface area contributed by atoms with Crippen molar-refractivity contribution in [3.05, 3.63) is 51.7 Å². The molecule has 1 heterocycles. The van der Waals surface area contributed by atoms with Crippen molar-refractivity contribution >= 4 is 5.69 Å². The molecule has 0 fully saturated rings. The topological polar surface area (TPSA) is 72.9 Å². The van der Waals surface area contributed by atoms with E-state index in [1.807, 2.05) is 29.8 Å². The van der Waals surface area contributed by atoms with Gasteiger partial charge in [0, 0.05) is 12.5 Å². The zero-order chi connectivity index (χ0) is 13.1. The third kappa shape index (κ3) is 2.00. The number of rotatable bonds is 3. The predicted octanol–water partition coefficient (Wildman–Crippen LogP) is 2.24. The molecule has 1 N–H and O–H groups in total. The number of nitrogens with zero attached hydrogens (tertiary/aromatic N) is 3. The van der Waals surface area contributed by atoms with Crippen LogP contribution in [0.1, 0.15) is 22.5 Å². The van der Waals surface area contributed by atoms with E-state index in [1.165, 1.54) is 0 Å². The van der Waals surface area contributed by atoms with Gasteiger partial charge in [-0.15, -0.1) is 9.59 Å². The van der Waals surface area contributed by atoms with Crippen molar-refractivity contribution in [2.75, 3.05) is 0 Å². The molecule has 2 rings (SSSR count). The van der Waals surface area contributed by atoms with Crippen LogP contribution in [0, 0.1) is 30.1 Å². The quantitative estimate of drug-likeness (QED) is 0.661. The van der Waals surface area contributed by atoms with Crippen molar-refractivity contribution < 1.29 is 4.68 Å². The van der Waals surface area contributed by atoms with Crippen molar-refractivity contribution in [1.82, 2.24) is 5.10 Å². The normalized spacial score (nSPS) is 10.1. The van der Waals surface area contributed by atoms with Gasteiger partial charge in [-0.25, -0.2) is 0 Å². The molecular weight excluding hydrogens is 228 g/mol. The lowest BCUT2D eigenvalue weighted by Crippen LogP contribution is -2.39. The molecule has 0 spiro atoms. The van der Waals surface area contributed by atoms with E-state index < -0.39 is 0 Å². The second-order valence-corrected chi connectivity index (χ2v) is 4.12. The summed E-state index contributed by atoms with van der Waals surface area (Å²) in [6, 6.07) is 9.55. The number of nitriles is 1. The Kier molecular flexibility index (Phi) is 3.20. The molecule has 5 nitrogen and oxygen atoms in total. The molecule has 0 bridgehead atoms. The minimum atomic E-state index is 0.435. The van der Waals surface area contributed by atoms with Crippen LogP contribution in [0.5, 0.6) is 0 Å². The minimum absolute atomic E-state index is 0.435. The highest BCUT2D eigenvalue weighted by Crippen LogP contribution is 2.19. The molecule has 0 atom stereocenters. The van der Waals surface area contributed by atoms with Gasteiger partial charge >= 0.3 is 0 Å². The first-order chi connectivity index (χ1) is 8.67. The maximum atomic E-state index is 10.7. The van der Waals surface area contributed by atoms with Gasteiger partial charge in [-0.1, -0.05) is 18.2 Å². The Bertz CT molecular complexity index is 637. The van der Waals surface area contributed by atoms with Crippen LogP contribution in [0.25, 0.3) is 0 Å². The zero-order valence-electron chi connectivity index (χ0n) is 10.3. The van der Waals surface area contributed by atoms with Gasteiger partial charge in [-0.2, -0.15) is 10.4 Å². The minimum Gasteiger partial charge on any atom is -0.192 e. The summed E-state index contributed by atoms with van der Waals surface area (Å²) in [4.78, 5) is 10.7. The summed E-state index contributed by atoms with van der Waals surface area (Å²) in [5.74, 6) is 0. The molecule has 0 saturated carbocycles. The van der Waals surface area contributed by atoms with E-state index >= 15 is 0 Å². The lowest BCUT2D eigenvalue weighted by atomic mass is 10.1. The summed E-state index contributed by atoms with van der Waals surface area (Å²) in [7, 11) is 0. The number of hydrogen-bond donors (Lipinski definition) is 1. The summed E-state index contributed by atoms with van der Waals surface area (Å²) in [5, 5.41) is 15.1. The Hall–Kier alpha value is -2.48. The number of benzene rings is 1. The number of nitroso groups, excluding NO2 is 1. The Labute approximate surface area is 105 Å². The smallest absolute Gasteiger partial charge is 0.192 e.